The molecular weight excluding hydrogens is 344 g/mol. The molecule has 3 nitrogen and oxygen atoms in total. The molecule has 0 amide bonds. The Morgan fingerprint density at radius 1 is 0.750 bits per heavy atom. The zero-order valence-electron chi connectivity index (χ0n) is 17.9. The Morgan fingerprint density at radius 2 is 1.32 bits per heavy atom. The lowest BCUT2D eigenvalue weighted by Gasteiger charge is -2.07. The number of nitrogens with zero attached hydrogens (tertiary/aromatic N) is 2. The number of hydrogen-bond donors (Lipinski definition) is 0. The van der Waals surface area contributed by atoms with Gasteiger partial charge in [0.1, 0.15) is 5.75 Å². The molecule has 2 aromatic rings. The molecule has 0 heterocycles. The van der Waals surface area contributed by atoms with Gasteiger partial charge in [-0.2, -0.15) is 10.2 Å². The third-order valence-corrected chi connectivity index (χ3v) is 5.10. The molecule has 0 fully saturated rings. The van der Waals surface area contributed by atoms with Crippen molar-refractivity contribution in [1.29, 1.82) is 0 Å². The van der Waals surface area contributed by atoms with Crippen LogP contribution in [0.4, 0.5) is 11.4 Å². The summed E-state index contributed by atoms with van der Waals surface area (Å²) < 4.78 is 5.81. The largest absolute Gasteiger partial charge is 0.494 e. The van der Waals surface area contributed by atoms with Crippen LogP contribution in [0.5, 0.6) is 5.75 Å². The lowest BCUT2D eigenvalue weighted by atomic mass is 9.99. The molecule has 0 aliphatic carbocycles. The van der Waals surface area contributed by atoms with Crippen LogP contribution in [-0.2, 0) is 6.42 Å². The lowest BCUT2D eigenvalue weighted by molar-refractivity contribution is 0.304. The Morgan fingerprint density at radius 3 is 1.93 bits per heavy atom. The SMILES string of the molecule is CCCCCCCCOc1ccc(N=Nc2ccc(CC(C)CC)cc2)cc1. The first-order chi connectivity index (χ1) is 13.7. The smallest absolute Gasteiger partial charge is 0.119 e. The van der Waals surface area contributed by atoms with Crippen LogP contribution in [-0.4, -0.2) is 6.61 Å². The van der Waals surface area contributed by atoms with Crippen LogP contribution >= 0.6 is 0 Å². The maximum absolute atomic E-state index is 5.81. The second kappa shape index (κ2) is 13.1. The molecule has 2 aromatic carbocycles. The Labute approximate surface area is 171 Å². The summed E-state index contributed by atoms with van der Waals surface area (Å²) in [6.07, 6.45) is 10.0. The van der Waals surface area contributed by atoms with E-state index in [9.17, 15) is 0 Å². The van der Waals surface area contributed by atoms with Gasteiger partial charge in [-0.05, 0) is 60.7 Å². The minimum Gasteiger partial charge on any atom is -0.494 e. The van der Waals surface area contributed by atoms with E-state index in [1.165, 1.54) is 44.1 Å². The minimum absolute atomic E-state index is 0.717. The third-order valence-electron chi connectivity index (χ3n) is 5.10. The highest BCUT2D eigenvalue weighted by molar-refractivity contribution is 5.43. The molecule has 0 aromatic heterocycles. The molecule has 1 unspecified atom stereocenters. The van der Waals surface area contributed by atoms with Crippen molar-refractivity contribution in [2.75, 3.05) is 6.61 Å². The predicted octanol–water partition coefficient (Wildman–Crippen LogP) is 8.43. The molecule has 0 saturated heterocycles. The van der Waals surface area contributed by atoms with Gasteiger partial charge in [0.25, 0.3) is 0 Å². The van der Waals surface area contributed by atoms with Crippen molar-refractivity contribution in [3.8, 4) is 5.75 Å². The van der Waals surface area contributed by atoms with E-state index in [2.05, 4.69) is 43.1 Å². The maximum atomic E-state index is 5.81. The maximum Gasteiger partial charge on any atom is 0.119 e. The summed E-state index contributed by atoms with van der Waals surface area (Å²) in [7, 11) is 0. The fourth-order valence-corrected chi connectivity index (χ4v) is 3.04. The second-order valence-corrected chi connectivity index (χ2v) is 7.69. The van der Waals surface area contributed by atoms with Gasteiger partial charge in [-0.25, -0.2) is 0 Å². The van der Waals surface area contributed by atoms with Gasteiger partial charge in [-0.15, -0.1) is 0 Å². The standard InChI is InChI=1S/C25H36N2O/c1-4-6-7-8-9-10-19-28-25-17-15-24(16-18-25)27-26-23-13-11-22(12-14-23)20-21(3)5-2/h11-18,21H,4-10,19-20H2,1-3H3. The molecule has 0 aliphatic rings. The summed E-state index contributed by atoms with van der Waals surface area (Å²) >= 11 is 0. The van der Waals surface area contributed by atoms with Gasteiger partial charge in [0.2, 0.25) is 0 Å². The van der Waals surface area contributed by atoms with Crippen LogP contribution < -0.4 is 4.74 Å². The fraction of sp³-hybridized carbons (Fsp3) is 0.520. The van der Waals surface area contributed by atoms with Gasteiger partial charge < -0.3 is 4.74 Å². The summed E-state index contributed by atoms with van der Waals surface area (Å²) in [4.78, 5) is 0. The highest BCUT2D eigenvalue weighted by atomic mass is 16.5. The molecule has 0 bridgehead atoms. The first kappa shape index (κ1) is 22.1. The van der Waals surface area contributed by atoms with E-state index in [1.807, 2.05) is 36.4 Å². The highest BCUT2D eigenvalue weighted by Gasteiger charge is 2.01. The Balaban J connectivity index is 1.74. The van der Waals surface area contributed by atoms with Gasteiger partial charge in [0.15, 0.2) is 0 Å². The van der Waals surface area contributed by atoms with Crippen LogP contribution in [0, 0.1) is 5.92 Å². The average Bonchev–Trinajstić information content (AvgIpc) is 2.73. The number of benzene rings is 2. The monoisotopic (exact) mass is 380 g/mol. The Kier molecular flexibility index (Phi) is 10.3. The topological polar surface area (TPSA) is 34.0 Å². The summed E-state index contributed by atoms with van der Waals surface area (Å²) in [5, 5.41) is 8.67. The van der Waals surface area contributed by atoms with E-state index in [0.29, 0.717) is 5.92 Å². The number of unbranched alkanes of at least 4 members (excludes halogenated alkanes) is 5. The molecule has 1 atom stereocenters. The van der Waals surface area contributed by atoms with Crippen molar-refractivity contribution < 1.29 is 4.74 Å². The van der Waals surface area contributed by atoms with Gasteiger partial charge in [0.05, 0.1) is 18.0 Å². The molecule has 0 radical (unpaired) electrons. The van der Waals surface area contributed by atoms with Crippen molar-refractivity contribution in [3.63, 3.8) is 0 Å². The number of azo groups is 1. The molecule has 3 heteroatoms. The molecule has 0 saturated carbocycles. The molecule has 0 aliphatic heterocycles. The molecule has 152 valence electrons. The van der Waals surface area contributed by atoms with Crippen molar-refractivity contribution in [3.05, 3.63) is 54.1 Å². The van der Waals surface area contributed by atoms with Crippen LogP contribution in [0.1, 0.15) is 71.3 Å². The number of rotatable bonds is 13. The first-order valence-corrected chi connectivity index (χ1v) is 10.9. The van der Waals surface area contributed by atoms with Gasteiger partial charge in [-0.1, -0.05) is 71.4 Å². The van der Waals surface area contributed by atoms with Gasteiger partial charge in [0, 0.05) is 0 Å². The van der Waals surface area contributed by atoms with Crippen LogP contribution in [0.15, 0.2) is 58.8 Å². The quantitative estimate of drug-likeness (QED) is 0.253. The van der Waals surface area contributed by atoms with Gasteiger partial charge >= 0.3 is 0 Å². The van der Waals surface area contributed by atoms with E-state index in [0.717, 1.165) is 36.6 Å². The van der Waals surface area contributed by atoms with Gasteiger partial charge in [-0.3, -0.25) is 0 Å². The van der Waals surface area contributed by atoms with Crippen molar-refractivity contribution in [2.45, 2.75) is 72.1 Å². The Hall–Kier alpha value is -2.16. The summed E-state index contributed by atoms with van der Waals surface area (Å²) in [5.41, 5.74) is 3.09. The van der Waals surface area contributed by atoms with E-state index in [4.69, 9.17) is 4.74 Å². The second-order valence-electron chi connectivity index (χ2n) is 7.69. The first-order valence-electron chi connectivity index (χ1n) is 10.9. The molecular formula is C25H36N2O. The lowest BCUT2D eigenvalue weighted by Crippen LogP contribution is -1.96. The minimum atomic E-state index is 0.717. The van der Waals surface area contributed by atoms with Crippen LogP contribution in [0.2, 0.25) is 0 Å². The zero-order valence-corrected chi connectivity index (χ0v) is 17.9. The summed E-state index contributed by atoms with van der Waals surface area (Å²) in [6, 6.07) is 16.2. The number of ether oxygens (including phenoxy) is 1. The van der Waals surface area contributed by atoms with E-state index < -0.39 is 0 Å². The third kappa shape index (κ3) is 8.69. The van der Waals surface area contributed by atoms with Crippen LogP contribution in [0.3, 0.4) is 0 Å². The normalized spacial score (nSPS) is 12.4. The van der Waals surface area contributed by atoms with Crippen molar-refractivity contribution in [2.24, 2.45) is 16.1 Å². The molecule has 0 N–H and O–H groups in total. The van der Waals surface area contributed by atoms with Crippen molar-refractivity contribution >= 4 is 11.4 Å². The van der Waals surface area contributed by atoms with E-state index in [1.54, 1.807) is 0 Å². The Bertz CT molecular complexity index is 677. The molecule has 28 heavy (non-hydrogen) atoms. The fourth-order valence-electron chi connectivity index (χ4n) is 3.04. The zero-order chi connectivity index (χ0) is 20.0. The van der Waals surface area contributed by atoms with Crippen molar-refractivity contribution in [1.82, 2.24) is 0 Å². The van der Waals surface area contributed by atoms with Crippen LogP contribution in [0.25, 0.3) is 0 Å². The van der Waals surface area contributed by atoms with E-state index in [-0.39, 0.29) is 0 Å². The van der Waals surface area contributed by atoms with E-state index >= 15 is 0 Å². The molecule has 2 rings (SSSR count). The molecule has 0 spiro atoms. The summed E-state index contributed by atoms with van der Waals surface area (Å²) in [5.74, 6) is 1.62. The average molecular weight is 381 g/mol. The predicted molar refractivity (Wildman–Crippen MR) is 119 cm³/mol. The highest BCUT2D eigenvalue weighted by Crippen LogP contribution is 2.22. The number of hydrogen-bond acceptors (Lipinski definition) is 3. The summed E-state index contributed by atoms with van der Waals surface area (Å²) in [6.45, 7) is 7.56.